The van der Waals surface area contributed by atoms with E-state index in [4.69, 9.17) is 4.42 Å². The predicted octanol–water partition coefficient (Wildman–Crippen LogP) is 2.04. The van der Waals surface area contributed by atoms with Gasteiger partial charge in [-0.3, -0.25) is 4.79 Å². The fraction of sp³-hybridized carbons (Fsp3) is 0.357. The number of rotatable bonds is 5. The molecule has 1 atom stereocenters. The summed E-state index contributed by atoms with van der Waals surface area (Å²) in [6.07, 6.45) is 0. The highest BCUT2D eigenvalue weighted by Gasteiger charge is 2.18. The molecule has 0 spiro atoms. The van der Waals surface area contributed by atoms with Crippen molar-refractivity contribution < 1.29 is 17.6 Å². The second-order valence-corrected chi connectivity index (χ2v) is 7.01. The van der Waals surface area contributed by atoms with E-state index in [1.165, 1.54) is 6.92 Å². The topological polar surface area (TPSA) is 76.4 Å². The number of nitrogens with one attached hydrogen (secondary N) is 1. The molecule has 20 heavy (non-hydrogen) atoms. The third-order valence-electron chi connectivity index (χ3n) is 3.04. The summed E-state index contributed by atoms with van der Waals surface area (Å²) in [6.45, 7) is 3.28. The number of furan rings is 1. The van der Waals surface area contributed by atoms with Crippen LogP contribution in [-0.2, 0) is 14.6 Å². The average Bonchev–Trinajstić information content (AvgIpc) is 2.81. The first kappa shape index (κ1) is 14.6. The minimum atomic E-state index is -3.31. The van der Waals surface area contributed by atoms with Crippen LogP contribution in [0.5, 0.6) is 0 Å². The maximum Gasteiger partial charge on any atom is 0.235 e. The van der Waals surface area contributed by atoms with Crippen LogP contribution < -0.4 is 5.32 Å². The Kier molecular flexibility index (Phi) is 4.13. The molecule has 0 bridgehead atoms. The number of benzene rings is 1. The van der Waals surface area contributed by atoms with Crippen LogP contribution in [0.4, 0.5) is 0 Å². The molecule has 1 heterocycles. The van der Waals surface area contributed by atoms with Gasteiger partial charge in [-0.25, -0.2) is 8.42 Å². The van der Waals surface area contributed by atoms with Crippen LogP contribution in [-0.4, -0.2) is 25.8 Å². The van der Waals surface area contributed by atoms with Crippen molar-refractivity contribution >= 4 is 26.7 Å². The average molecular weight is 295 g/mol. The quantitative estimate of drug-likeness (QED) is 0.916. The number of para-hydroxylation sites is 1. The maximum absolute atomic E-state index is 11.7. The van der Waals surface area contributed by atoms with Crippen LogP contribution in [0.3, 0.4) is 0 Å². The van der Waals surface area contributed by atoms with Gasteiger partial charge in [0.1, 0.15) is 17.1 Å². The van der Waals surface area contributed by atoms with E-state index in [1.807, 2.05) is 30.3 Å². The molecule has 6 heteroatoms. The summed E-state index contributed by atoms with van der Waals surface area (Å²) >= 11 is 0. The predicted molar refractivity (Wildman–Crippen MR) is 77.1 cm³/mol. The molecular formula is C14H17NO4S. The highest BCUT2D eigenvalue weighted by molar-refractivity contribution is 7.92. The van der Waals surface area contributed by atoms with Gasteiger partial charge in [-0.1, -0.05) is 25.1 Å². The number of hydrogen-bond acceptors (Lipinski definition) is 4. The SMILES string of the molecule is CCS(=O)(=O)CC(=O)N[C@@H](C)c1cc2ccccc2o1. The van der Waals surface area contributed by atoms with Crippen LogP contribution in [0.25, 0.3) is 11.0 Å². The van der Waals surface area contributed by atoms with Gasteiger partial charge in [-0.2, -0.15) is 0 Å². The van der Waals surface area contributed by atoms with Crippen molar-refractivity contribution in [1.82, 2.24) is 5.32 Å². The van der Waals surface area contributed by atoms with Gasteiger partial charge in [0.15, 0.2) is 9.84 Å². The first-order valence-electron chi connectivity index (χ1n) is 6.39. The van der Waals surface area contributed by atoms with E-state index < -0.39 is 21.5 Å². The molecule has 0 saturated heterocycles. The van der Waals surface area contributed by atoms with Crippen LogP contribution in [0.2, 0.25) is 0 Å². The Morgan fingerprint density at radius 2 is 2.05 bits per heavy atom. The van der Waals surface area contributed by atoms with Crippen molar-refractivity contribution in [3.8, 4) is 0 Å². The lowest BCUT2D eigenvalue weighted by molar-refractivity contribution is -0.119. The molecule has 0 aliphatic rings. The van der Waals surface area contributed by atoms with Gasteiger partial charge in [0.2, 0.25) is 5.91 Å². The van der Waals surface area contributed by atoms with Gasteiger partial charge >= 0.3 is 0 Å². The molecule has 1 aromatic carbocycles. The maximum atomic E-state index is 11.7. The molecule has 0 radical (unpaired) electrons. The number of amides is 1. The van der Waals surface area contributed by atoms with E-state index in [0.717, 1.165) is 11.0 Å². The molecule has 1 amide bonds. The van der Waals surface area contributed by atoms with Gasteiger partial charge < -0.3 is 9.73 Å². The molecule has 0 saturated carbocycles. The summed E-state index contributed by atoms with van der Waals surface area (Å²) in [5, 5.41) is 3.58. The lowest BCUT2D eigenvalue weighted by atomic mass is 10.2. The molecule has 0 unspecified atom stereocenters. The summed E-state index contributed by atoms with van der Waals surface area (Å²) in [5.74, 6) is -0.443. The molecule has 2 rings (SSSR count). The first-order chi connectivity index (χ1) is 9.41. The van der Waals surface area contributed by atoms with Gasteiger partial charge in [0.05, 0.1) is 6.04 Å². The van der Waals surface area contributed by atoms with Crippen LogP contribution in [0, 0.1) is 0 Å². The van der Waals surface area contributed by atoms with Crippen molar-refractivity contribution in [2.75, 3.05) is 11.5 Å². The normalized spacial score (nSPS) is 13.3. The van der Waals surface area contributed by atoms with Crippen molar-refractivity contribution in [2.24, 2.45) is 0 Å². The number of sulfone groups is 1. The van der Waals surface area contributed by atoms with E-state index in [1.54, 1.807) is 6.92 Å². The molecular weight excluding hydrogens is 278 g/mol. The van der Waals surface area contributed by atoms with Gasteiger partial charge in [-0.05, 0) is 19.1 Å². The summed E-state index contributed by atoms with van der Waals surface area (Å²) in [5.41, 5.74) is 0.741. The summed E-state index contributed by atoms with van der Waals surface area (Å²) in [6, 6.07) is 9.00. The third kappa shape index (κ3) is 3.39. The first-order valence-corrected chi connectivity index (χ1v) is 8.21. The zero-order chi connectivity index (χ0) is 14.8. The molecule has 1 N–H and O–H groups in total. The van der Waals surface area contributed by atoms with E-state index >= 15 is 0 Å². The van der Waals surface area contributed by atoms with E-state index in [2.05, 4.69) is 5.32 Å². The van der Waals surface area contributed by atoms with Crippen molar-refractivity contribution in [1.29, 1.82) is 0 Å². The van der Waals surface area contributed by atoms with Crippen molar-refractivity contribution in [2.45, 2.75) is 19.9 Å². The zero-order valence-corrected chi connectivity index (χ0v) is 12.2. The number of carbonyl (C=O) groups excluding carboxylic acids is 1. The largest absolute Gasteiger partial charge is 0.459 e. The third-order valence-corrected chi connectivity index (χ3v) is 4.62. The summed E-state index contributed by atoms with van der Waals surface area (Å²) in [4.78, 5) is 11.7. The molecule has 0 fully saturated rings. The Hall–Kier alpha value is -1.82. The molecule has 1 aromatic heterocycles. The zero-order valence-electron chi connectivity index (χ0n) is 11.4. The molecule has 0 aliphatic heterocycles. The molecule has 2 aromatic rings. The number of carbonyl (C=O) groups is 1. The minimum absolute atomic E-state index is 0.0422. The lowest BCUT2D eigenvalue weighted by Crippen LogP contribution is -2.32. The Morgan fingerprint density at radius 3 is 2.70 bits per heavy atom. The summed E-state index contributed by atoms with van der Waals surface area (Å²) in [7, 11) is -3.31. The smallest absolute Gasteiger partial charge is 0.235 e. The second-order valence-electron chi connectivity index (χ2n) is 4.65. The van der Waals surface area contributed by atoms with Crippen LogP contribution in [0.15, 0.2) is 34.7 Å². The van der Waals surface area contributed by atoms with E-state index in [9.17, 15) is 13.2 Å². The minimum Gasteiger partial charge on any atom is -0.459 e. The fourth-order valence-electron chi connectivity index (χ4n) is 1.87. The monoisotopic (exact) mass is 295 g/mol. The summed E-state index contributed by atoms with van der Waals surface area (Å²) < 4.78 is 28.4. The molecule has 0 aliphatic carbocycles. The molecule has 5 nitrogen and oxygen atoms in total. The van der Waals surface area contributed by atoms with Gasteiger partial charge in [0.25, 0.3) is 0 Å². The Bertz CT molecular complexity index is 685. The standard InChI is InChI=1S/C14H17NO4S/c1-3-20(17,18)9-14(16)15-10(2)13-8-11-6-4-5-7-12(11)19-13/h4-8,10H,3,9H2,1-2H3,(H,15,16)/t10-/m0/s1. The van der Waals surface area contributed by atoms with Crippen LogP contribution >= 0.6 is 0 Å². The lowest BCUT2D eigenvalue weighted by Gasteiger charge is -2.11. The van der Waals surface area contributed by atoms with Crippen molar-refractivity contribution in [3.05, 3.63) is 36.1 Å². The Balaban J connectivity index is 2.08. The second kappa shape index (κ2) is 5.66. The number of fused-ring (bicyclic) bond motifs is 1. The highest BCUT2D eigenvalue weighted by atomic mass is 32.2. The Morgan fingerprint density at radius 1 is 1.35 bits per heavy atom. The molecule has 108 valence electrons. The van der Waals surface area contributed by atoms with Crippen LogP contribution in [0.1, 0.15) is 25.6 Å². The van der Waals surface area contributed by atoms with E-state index in [0.29, 0.717) is 5.76 Å². The Labute approximate surface area is 117 Å². The van der Waals surface area contributed by atoms with Gasteiger partial charge in [-0.15, -0.1) is 0 Å². The van der Waals surface area contributed by atoms with Crippen molar-refractivity contribution in [3.63, 3.8) is 0 Å². The fourth-order valence-corrected chi connectivity index (χ4v) is 2.56. The number of hydrogen-bond donors (Lipinski definition) is 1. The van der Waals surface area contributed by atoms with Gasteiger partial charge in [0, 0.05) is 11.1 Å². The van der Waals surface area contributed by atoms with E-state index in [-0.39, 0.29) is 11.8 Å². The highest BCUT2D eigenvalue weighted by Crippen LogP contribution is 2.23.